The van der Waals surface area contributed by atoms with Crippen molar-refractivity contribution >= 4 is 0 Å². The summed E-state index contributed by atoms with van der Waals surface area (Å²) in [5.41, 5.74) is 0.176. The maximum Gasteiger partial charge on any atom is 0.102 e. The molecule has 1 aromatic rings. The Morgan fingerprint density at radius 3 is 2.71 bits per heavy atom. The number of aromatic nitrogens is 2. The lowest BCUT2D eigenvalue weighted by atomic mass is 9.43. The predicted molar refractivity (Wildman–Crippen MR) is 130 cm³/mol. The maximum atomic E-state index is 11.7. The zero-order valence-corrected chi connectivity index (χ0v) is 21.4. The summed E-state index contributed by atoms with van der Waals surface area (Å²) in [5, 5.41) is 36.4. The molecule has 0 spiro atoms. The molecule has 34 heavy (non-hydrogen) atoms. The number of fused-ring (bicyclic) bond motifs is 5. The average molecular weight is 470 g/mol. The first-order valence-electron chi connectivity index (χ1n) is 13.5. The summed E-state index contributed by atoms with van der Waals surface area (Å²) in [6.07, 6.45) is 11.5. The molecular weight excluding hydrogens is 426 g/mol. The van der Waals surface area contributed by atoms with Crippen molar-refractivity contribution in [2.24, 2.45) is 46.3 Å². The summed E-state index contributed by atoms with van der Waals surface area (Å²) in [6, 6.07) is 2.18. The topological polar surface area (TPSA) is 91.3 Å². The lowest BCUT2D eigenvalue weighted by Gasteiger charge is -2.63. The van der Waals surface area contributed by atoms with Crippen molar-refractivity contribution < 1.29 is 14.9 Å². The van der Waals surface area contributed by atoms with Gasteiger partial charge in [-0.25, -0.2) is 0 Å². The highest BCUT2D eigenvalue weighted by Crippen LogP contribution is 2.68. The number of nitriles is 1. The number of rotatable bonds is 5. The molecule has 10 atom stereocenters. The Labute approximate surface area is 204 Å². The summed E-state index contributed by atoms with van der Waals surface area (Å²) in [6.45, 7) is 8.47. The molecule has 0 radical (unpaired) electrons. The van der Waals surface area contributed by atoms with Crippen LogP contribution in [0.1, 0.15) is 77.7 Å². The van der Waals surface area contributed by atoms with Gasteiger partial charge in [-0.3, -0.25) is 4.68 Å². The third-order valence-electron chi connectivity index (χ3n) is 11.2. The van der Waals surface area contributed by atoms with Crippen molar-refractivity contribution in [2.75, 3.05) is 13.7 Å². The molecule has 2 N–H and O–H groups in total. The Balaban J connectivity index is 1.35. The second kappa shape index (κ2) is 8.61. The normalized spacial score (nSPS) is 46.7. The monoisotopic (exact) mass is 469 g/mol. The Kier molecular flexibility index (Phi) is 6.15. The SMILES string of the molecule is COC[C@@]1(O)CC[C@@]2(C)[C@H](CC[C@@H]3[C@@H]2[C@@H](O)C[C@]2(C)[C@@H](C(C)Cn4cc(C#N)cn4)CC[C@@H]32)C1. The zero-order valence-electron chi connectivity index (χ0n) is 21.4. The minimum atomic E-state index is -0.703. The Morgan fingerprint density at radius 2 is 2.00 bits per heavy atom. The molecule has 4 aliphatic carbocycles. The zero-order chi connectivity index (χ0) is 24.3. The van der Waals surface area contributed by atoms with Gasteiger partial charge in [0.25, 0.3) is 0 Å². The highest BCUT2D eigenvalue weighted by Gasteiger charge is 2.64. The van der Waals surface area contributed by atoms with E-state index in [9.17, 15) is 10.2 Å². The molecule has 0 bridgehead atoms. The molecular formula is C28H43N3O3. The van der Waals surface area contributed by atoms with Crippen LogP contribution in [0.2, 0.25) is 0 Å². The van der Waals surface area contributed by atoms with E-state index in [0.29, 0.717) is 47.7 Å². The first-order valence-corrected chi connectivity index (χ1v) is 13.5. The largest absolute Gasteiger partial charge is 0.393 e. The van der Waals surface area contributed by atoms with Crippen LogP contribution in [0.25, 0.3) is 0 Å². The summed E-state index contributed by atoms with van der Waals surface area (Å²) in [4.78, 5) is 0. The van der Waals surface area contributed by atoms with Crippen LogP contribution in [-0.2, 0) is 11.3 Å². The molecule has 0 amide bonds. The molecule has 5 rings (SSSR count). The van der Waals surface area contributed by atoms with E-state index in [-0.39, 0.29) is 16.9 Å². The van der Waals surface area contributed by atoms with Crippen molar-refractivity contribution in [3.05, 3.63) is 18.0 Å². The highest BCUT2D eigenvalue weighted by atomic mass is 16.5. The molecule has 188 valence electrons. The number of aliphatic hydroxyl groups excluding tert-OH is 1. The van der Waals surface area contributed by atoms with Gasteiger partial charge in [0.15, 0.2) is 0 Å². The van der Waals surface area contributed by atoms with Gasteiger partial charge in [-0.05, 0) is 97.7 Å². The third kappa shape index (κ3) is 3.74. The first-order chi connectivity index (χ1) is 16.1. The number of methoxy groups -OCH3 is 1. The summed E-state index contributed by atoms with van der Waals surface area (Å²) < 4.78 is 7.29. The second-order valence-corrected chi connectivity index (χ2v) is 12.9. The average Bonchev–Trinajstić information content (AvgIpc) is 3.37. The molecule has 4 fully saturated rings. The van der Waals surface area contributed by atoms with Crippen LogP contribution in [-0.4, -0.2) is 45.4 Å². The van der Waals surface area contributed by atoms with Gasteiger partial charge >= 0.3 is 0 Å². The molecule has 4 saturated carbocycles. The molecule has 1 unspecified atom stereocenters. The van der Waals surface area contributed by atoms with E-state index in [0.717, 1.165) is 38.6 Å². The van der Waals surface area contributed by atoms with Crippen LogP contribution in [0.4, 0.5) is 0 Å². The van der Waals surface area contributed by atoms with Crippen LogP contribution in [0, 0.1) is 57.7 Å². The molecule has 0 aromatic carbocycles. The van der Waals surface area contributed by atoms with E-state index < -0.39 is 5.60 Å². The summed E-state index contributed by atoms with van der Waals surface area (Å²) >= 11 is 0. The van der Waals surface area contributed by atoms with Crippen molar-refractivity contribution in [2.45, 2.75) is 90.4 Å². The third-order valence-corrected chi connectivity index (χ3v) is 11.2. The van der Waals surface area contributed by atoms with Crippen LogP contribution in [0.3, 0.4) is 0 Å². The lowest BCUT2D eigenvalue weighted by molar-refractivity contribution is -0.198. The summed E-state index contributed by atoms with van der Waals surface area (Å²) in [5.74, 6) is 3.07. The van der Waals surface area contributed by atoms with Crippen molar-refractivity contribution in [3.63, 3.8) is 0 Å². The van der Waals surface area contributed by atoms with E-state index >= 15 is 0 Å². The standard InChI is InChI=1S/C28H43N3O3/c1-18(15-31-16-19(13-29)14-30-31)22-7-8-23-21-6-5-20-11-28(33,17-34-4)10-9-26(20,2)25(21)24(32)12-27(22,23)3/h14,16,18,20-25,32-33H,5-12,15,17H2,1-4H3/t18?,20-,21+,22-,23+,24+,25-,26+,27-,28-/m1/s1. The van der Waals surface area contributed by atoms with Crippen LogP contribution >= 0.6 is 0 Å². The Bertz CT molecular complexity index is 942. The number of hydrogen-bond donors (Lipinski definition) is 2. The number of aliphatic hydroxyl groups is 2. The fourth-order valence-corrected chi connectivity index (χ4v) is 9.76. The molecule has 0 aliphatic heterocycles. The molecule has 0 saturated heterocycles. The maximum absolute atomic E-state index is 11.7. The van der Waals surface area contributed by atoms with Crippen molar-refractivity contribution in [1.29, 1.82) is 5.26 Å². The minimum Gasteiger partial charge on any atom is -0.393 e. The van der Waals surface area contributed by atoms with Crippen LogP contribution in [0.5, 0.6) is 0 Å². The van der Waals surface area contributed by atoms with E-state index in [1.807, 2.05) is 10.9 Å². The van der Waals surface area contributed by atoms with Gasteiger partial charge in [-0.1, -0.05) is 20.8 Å². The van der Waals surface area contributed by atoms with E-state index in [2.05, 4.69) is 31.9 Å². The quantitative estimate of drug-likeness (QED) is 0.667. The van der Waals surface area contributed by atoms with Gasteiger partial charge in [0.05, 0.1) is 30.1 Å². The lowest BCUT2D eigenvalue weighted by Crippen LogP contribution is -2.61. The molecule has 1 aromatic heterocycles. The van der Waals surface area contributed by atoms with E-state index in [4.69, 9.17) is 10.00 Å². The van der Waals surface area contributed by atoms with Gasteiger partial charge in [0.1, 0.15) is 6.07 Å². The smallest absolute Gasteiger partial charge is 0.102 e. The fourth-order valence-electron chi connectivity index (χ4n) is 9.76. The molecule has 6 nitrogen and oxygen atoms in total. The van der Waals surface area contributed by atoms with Crippen LogP contribution in [0.15, 0.2) is 12.4 Å². The highest BCUT2D eigenvalue weighted by molar-refractivity contribution is 5.21. The van der Waals surface area contributed by atoms with Gasteiger partial charge in [-0.2, -0.15) is 10.4 Å². The van der Waals surface area contributed by atoms with E-state index in [1.165, 1.54) is 19.3 Å². The number of ether oxygens (including phenoxy) is 1. The Hall–Kier alpha value is -1.42. The van der Waals surface area contributed by atoms with Gasteiger partial charge in [0, 0.05) is 19.9 Å². The predicted octanol–water partition coefficient (Wildman–Crippen LogP) is 4.40. The number of hydrogen-bond acceptors (Lipinski definition) is 5. The number of nitrogens with zero attached hydrogens (tertiary/aromatic N) is 3. The van der Waals surface area contributed by atoms with Gasteiger partial charge in [0.2, 0.25) is 0 Å². The second-order valence-electron chi connectivity index (χ2n) is 12.9. The van der Waals surface area contributed by atoms with Gasteiger partial charge < -0.3 is 14.9 Å². The minimum absolute atomic E-state index is 0.107. The van der Waals surface area contributed by atoms with Gasteiger partial charge in [-0.15, -0.1) is 0 Å². The van der Waals surface area contributed by atoms with E-state index in [1.54, 1.807) is 13.3 Å². The fraction of sp³-hybridized carbons (Fsp3) is 0.857. The van der Waals surface area contributed by atoms with Crippen molar-refractivity contribution in [1.82, 2.24) is 9.78 Å². The van der Waals surface area contributed by atoms with Crippen LogP contribution < -0.4 is 0 Å². The summed E-state index contributed by atoms with van der Waals surface area (Å²) in [7, 11) is 1.68. The first kappa shape index (κ1) is 24.3. The molecule has 4 aliphatic rings. The molecule has 6 heteroatoms. The Morgan fingerprint density at radius 1 is 1.21 bits per heavy atom. The molecule has 1 heterocycles. The van der Waals surface area contributed by atoms with Crippen molar-refractivity contribution in [3.8, 4) is 6.07 Å².